The lowest BCUT2D eigenvalue weighted by Gasteiger charge is -1.91. The number of benzene rings is 1. The molecule has 15 heavy (non-hydrogen) atoms. The molecule has 0 bridgehead atoms. The van der Waals surface area contributed by atoms with Crippen LogP contribution >= 0.6 is 0 Å². The summed E-state index contributed by atoms with van der Waals surface area (Å²) in [7, 11) is 0. The van der Waals surface area contributed by atoms with E-state index in [4.69, 9.17) is 0 Å². The van der Waals surface area contributed by atoms with Crippen molar-refractivity contribution in [1.82, 2.24) is 0 Å². The van der Waals surface area contributed by atoms with Crippen LogP contribution in [0.4, 0.5) is 0 Å². The maximum Gasteiger partial charge on any atom is 0.132 e. The van der Waals surface area contributed by atoms with E-state index in [0.29, 0.717) is 11.7 Å². The summed E-state index contributed by atoms with van der Waals surface area (Å²) in [5.74, 6) is 0.833. The second kappa shape index (κ2) is 5.50. The topological polar surface area (TPSA) is 17.1 Å². The predicted octanol–water partition coefficient (Wildman–Crippen LogP) is 3.62. The Kier molecular flexibility index (Phi) is 4.29. The van der Waals surface area contributed by atoms with Crippen LogP contribution < -0.4 is 0 Å². The molecule has 0 heterocycles. The third-order valence-corrected chi connectivity index (χ3v) is 2.47. The fourth-order valence-corrected chi connectivity index (χ4v) is 1.19. The predicted molar refractivity (Wildman–Crippen MR) is 64.7 cm³/mol. The van der Waals surface area contributed by atoms with Crippen LogP contribution in [0, 0.1) is 12.8 Å². The highest BCUT2D eigenvalue weighted by atomic mass is 16.1. The number of hydrogen-bond acceptors (Lipinski definition) is 1. The van der Waals surface area contributed by atoms with Gasteiger partial charge in [-0.1, -0.05) is 42.5 Å². The minimum Gasteiger partial charge on any atom is -0.300 e. The van der Waals surface area contributed by atoms with E-state index in [0.717, 1.165) is 12.8 Å². The van der Waals surface area contributed by atoms with Gasteiger partial charge in [0, 0.05) is 5.92 Å². The van der Waals surface area contributed by atoms with Crippen molar-refractivity contribution in [2.24, 2.45) is 5.92 Å². The van der Waals surface area contributed by atoms with Gasteiger partial charge in [-0.25, -0.2) is 0 Å². The molecule has 2 rings (SSSR count). The van der Waals surface area contributed by atoms with Gasteiger partial charge < -0.3 is 0 Å². The maximum absolute atomic E-state index is 10.2. The molecule has 0 aromatic heterocycles. The van der Waals surface area contributed by atoms with E-state index >= 15 is 0 Å². The SMILES string of the molecule is C=Cc1ccc(C)cc1.CC(=O)C1CC1. The lowest BCUT2D eigenvalue weighted by Crippen LogP contribution is -1.88. The third-order valence-electron chi connectivity index (χ3n) is 2.47. The lowest BCUT2D eigenvalue weighted by molar-refractivity contribution is -0.118. The number of carbonyl (C=O) groups excluding carboxylic acids is 1. The minimum atomic E-state index is 0.370. The monoisotopic (exact) mass is 202 g/mol. The van der Waals surface area contributed by atoms with E-state index in [1.54, 1.807) is 6.92 Å². The number of aryl methyl sites for hydroxylation is 1. The van der Waals surface area contributed by atoms with Crippen LogP contribution in [0.3, 0.4) is 0 Å². The molecule has 1 saturated carbocycles. The van der Waals surface area contributed by atoms with Crippen molar-refractivity contribution >= 4 is 11.9 Å². The zero-order valence-electron chi connectivity index (χ0n) is 9.49. The van der Waals surface area contributed by atoms with Gasteiger partial charge in [-0.15, -0.1) is 0 Å². The van der Waals surface area contributed by atoms with Gasteiger partial charge >= 0.3 is 0 Å². The number of Topliss-reactive ketones (excluding diaryl/α,β-unsaturated/α-hetero) is 1. The Bertz CT molecular complexity index is 331. The van der Waals surface area contributed by atoms with E-state index in [1.165, 1.54) is 11.1 Å². The number of hydrogen-bond donors (Lipinski definition) is 0. The molecule has 1 fully saturated rings. The molecule has 80 valence electrons. The van der Waals surface area contributed by atoms with Crippen LogP contribution in [-0.2, 0) is 4.79 Å². The third kappa shape index (κ3) is 4.59. The first-order valence-electron chi connectivity index (χ1n) is 5.33. The highest BCUT2D eigenvalue weighted by molar-refractivity contribution is 5.80. The molecule has 0 atom stereocenters. The number of ketones is 1. The van der Waals surface area contributed by atoms with Gasteiger partial charge in [0.15, 0.2) is 0 Å². The Hall–Kier alpha value is -1.37. The van der Waals surface area contributed by atoms with E-state index in [-0.39, 0.29) is 0 Å². The van der Waals surface area contributed by atoms with Crippen molar-refractivity contribution < 1.29 is 4.79 Å². The molecule has 0 amide bonds. The Morgan fingerprint density at radius 1 is 1.33 bits per heavy atom. The zero-order chi connectivity index (χ0) is 11.3. The second-order valence-corrected chi connectivity index (χ2v) is 4.00. The van der Waals surface area contributed by atoms with Crippen LogP contribution in [0.2, 0.25) is 0 Å². The first-order chi connectivity index (χ1) is 7.13. The van der Waals surface area contributed by atoms with Crippen molar-refractivity contribution in [1.29, 1.82) is 0 Å². The van der Waals surface area contributed by atoms with Crippen molar-refractivity contribution in [3.63, 3.8) is 0 Å². The Balaban J connectivity index is 0.000000162. The van der Waals surface area contributed by atoms with Crippen molar-refractivity contribution in [3.8, 4) is 0 Å². The van der Waals surface area contributed by atoms with Gasteiger partial charge in [0.25, 0.3) is 0 Å². The molecule has 0 unspecified atom stereocenters. The minimum absolute atomic E-state index is 0.370. The first kappa shape index (κ1) is 11.7. The summed E-state index contributed by atoms with van der Waals surface area (Å²) in [6.45, 7) is 7.40. The maximum atomic E-state index is 10.2. The molecule has 1 nitrogen and oxygen atoms in total. The molecule has 0 N–H and O–H groups in total. The van der Waals surface area contributed by atoms with Crippen molar-refractivity contribution in [2.75, 3.05) is 0 Å². The van der Waals surface area contributed by atoms with Crippen LogP contribution in [-0.4, -0.2) is 5.78 Å². The molecule has 0 spiro atoms. The summed E-state index contributed by atoms with van der Waals surface area (Å²) >= 11 is 0. The van der Waals surface area contributed by atoms with Crippen LogP contribution in [0.5, 0.6) is 0 Å². The molecule has 1 aromatic carbocycles. The molecular weight excluding hydrogens is 184 g/mol. The van der Waals surface area contributed by atoms with Gasteiger partial charge in [0.1, 0.15) is 5.78 Å². The molecule has 1 aromatic rings. The van der Waals surface area contributed by atoms with Gasteiger partial charge in [0.05, 0.1) is 0 Å². The van der Waals surface area contributed by atoms with Gasteiger partial charge in [-0.2, -0.15) is 0 Å². The molecule has 0 radical (unpaired) electrons. The van der Waals surface area contributed by atoms with Gasteiger partial charge in [-0.05, 0) is 32.3 Å². The molecular formula is C14H18O. The number of carbonyl (C=O) groups is 1. The standard InChI is InChI=1S/C9H10.C5H8O/c1-3-9-6-4-8(2)5-7-9;1-4(6)5-2-3-5/h3-7H,1H2,2H3;5H,2-3H2,1H3. The second-order valence-electron chi connectivity index (χ2n) is 4.00. The summed E-state index contributed by atoms with van der Waals surface area (Å²) in [6, 6.07) is 8.28. The quantitative estimate of drug-likeness (QED) is 0.715. The van der Waals surface area contributed by atoms with Gasteiger partial charge in [0.2, 0.25) is 0 Å². The fourth-order valence-electron chi connectivity index (χ4n) is 1.19. The lowest BCUT2D eigenvalue weighted by atomic mass is 10.2. The van der Waals surface area contributed by atoms with Crippen LogP contribution in [0.15, 0.2) is 30.8 Å². The highest BCUT2D eigenvalue weighted by Crippen LogP contribution is 2.29. The summed E-state index contributed by atoms with van der Waals surface area (Å²) < 4.78 is 0. The molecule has 1 aliphatic carbocycles. The normalized spacial score (nSPS) is 13.7. The van der Waals surface area contributed by atoms with Crippen LogP contribution in [0.25, 0.3) is 6.08 Å². The zero-order valence-corrected chi connectivity index (χ0v) is 9.49. The van der Waals surface area contributed by atoms with Gasteiger partial charge in [-0.3, -0.25) is 4.79 Å². The smallest absolute Gasteiger partial charge is 0.132 e. The summed E-state index contributed by atoms with van der Waals surface area (Å²) in [4.78, 5) is 10.2. The van der Waals surface area contributed by atoms with Crippen molar-refractivity contribution in [2.45, 2.75) is 26.7 Å². The van der Waals surface area contributed by atoms with E-state index in [2.05, 4.69) is 37.8 Å². The number of rotatable bonds is 2. The Labute approximate surface area is 91.8 Å². The summed E-state index contributed by atoms with van der Waals surface area (Å²) in [5.41, 5.74) is 2.47. The summed E-state index contributed by atoms with van der Waals surface area (Å²) in [6.07, 6.45) is 4.14. The average Bonchev–Trinajstić information content (AvgIpc) is 3.03. The molecule has 1 heteroatoms. The molecule has 0 saturated heterocycles. The van der Waals surface area contributed by atoms with E-state index < -0.39 is 0 Å². The Morgan fingerprint density at radius 3 is 2.13 bits per heavy atom. The fraction of sp³-hybridized carbons (Fsp3) is 0.357. The molecule has 0 aliphatic heterocycles. The largest absolute Gasteiger partial charge is 0.300 e. The van der Waals surface area contributed by atoms with Crippen molar-refractivity contribution in [3.05, 3.63) is 42.0 Å². The molecule has 1 aliphatic rings. The van der Waals surface area contributed by atoms with E-state index in [1.807, 2.05) is 6.08 Å². The van der Waals surface area contributed by atoms with E-state index in [9.17, 15) is 4.79 Å². The average molecular weight is 202 g/mol. The van der Waals surface area contributed by atoms with Crippen LogP contribution in [0.1, 0.15) is 30.9 Å². The first-order valence-corrected chi connectivity index (χ1v) is 5.33. The highest BCUT2D eigenvalue weighted by Gasteiger charge is 2.25. The summed E-state index contributed by atoms with van der Waals surface area (Å²) in [5, 5.41) is 0. The Morgan fingerprint density at radius 2 is 1.87 bits per heavy atom.